The van der Waals surface area contributed by atoms with Crippen LogP contribution in [0.2, 0.25) is 0 Å². The second kappa shape index (κ2) is 10.5. The van der Waals surface area contributed by atoms with Crippen LogP contribution in [0.25, 0.3) is 0 Å². The summed E-state index contributed by atoms with van der Waals surface area (Å²) in [7, 11) is -1.60. The average Bonchev–Trinajstić information content (AvgIpc) is 2.79. The molecular weight excluding hydrogens is 432 g/mol. The van der Waals surface area contributed by atoms with Gasteiger partial charge >= 0.3 is 0 Å². The molecule has 0 unspecified atom stereocenters. The van der Waals surface area contributed by atoms with E-state index in [1.165, 1.54) is 16.4 Å². The molecule has 2 aromatic rings. The molecule has 10 heteroatoms. The van der Waals surface area contributed by atoms with Crippen LogP contribution in [0.4, 0.5) is 5.69 Å². The quantitative estimate of drug-likeness (QED) is 0.643. The molecule has 1 aliphatic heterocycles. The van der Waals surface area contributed by atoms with Crippen LogP contribution >= 0.6 is 0 Å². The van der Waals surface area contributed by atoms with Crippen LogP contribution in [0.3, 0.4) is 0 Å². The molecule has 2 aromatic carbocycles. The van der Waals surface area contributed by atoms with E-state index in [2.05, 4.69) is 10.2 Å². The number of hydrogen-bond acceptors (Lipinski definition) is 7. The zero-order valence-electron chi connectivity index (χ0n) is 18.1. The van der Waals surface area contributed by atoms with Crippen LogP contribution < -0.4 is 14.8 Å². The number of nitriles is 1. The van der Waals surface area contributed by atoms with E-state index in [0.717, 1.165) is 0 Å². The summed E-state index contributed by atoms with van der Waals surface area (Å²) in [5.41, 5.74) is 0.887. The summed E-state index contributed by atoms with van der Waals surface area (Å²) in [6.07, 6.45) is 0. The van der Waals surface area contributed by atoms with Gasteiger partial charge in [0, 0.05) is 37.9 Å². The lowest BCUT2D eigenvalue weighted by atomic mass is 10.2. The Labute approximate surface area is 188 Å². The maximum absolute atomic E-state index is 12.8. The van der Waals surface area contributed by atoms with Crippen molar-refractivity contribution in [2.75, 3.05) is 51.8 Å². The summed E-state index contributed by atoms with van der Waals surface area (Å²) in [5, 5.41) is 11.7. The number of rotatable bonds is 8. The summed E-state index contributed by atoms with van der Waals surface area (Å²) in [6, 6.07) is 12.8. The van der Waals surface area contributed by atoms with Gasteiger partial charge < -0.3 is 19.7 Å². The molecule has 1 fully saturated rings. The number of carbonyl (C=O) groups excluding carboxylic acids is 1. The Balaban J connectivity index is 1.59. The molecular formula is C22H26N4O5S. The van der Waals surface area contributed by atoms with Gasteiger partial charge in [-0.25, -0.2) is 8.42 Å². The fourth-order valence-electron chi connectivity index (χ4n) is 3.19. The summed E-state index contributed by atoms with van der Waals surface area (Å²) >= 11 is 0. The number of hydrogen-bond donors (Lipinski definition) is 1. The van der Waals surface area contributed by atoms with Gasteiger partial charge in [-0.3, -0.25) is 4.79 Å². The second-order valence-electron chi connectivity index (χ2n) is 7.27. The lowest BCUT2D eigenvalue weighted by Gasteiger charge is -2.31. The first-order valence-corrected chi connectivity index (χ1v) is 11.7. The van der Waals surface area contributed by atoms with Crippen molar-refractivity contribution in [3.05, 3.63) is 48.0 Å². The van der Waals surface area contributed by atoms with Crippen LogP contribution in [-0.4, -0.2) is 70.0 Å². The van der Waals surface area contributed by atoms with E-state index in [0.29, 0.717) is 55.5 Å². The predicted molar refractivity (Wildman–Crippen MR) is 119 cm³/mol. The molecule has 1 N–H and O–H groups in total. The largest absolute Gasteiger partial charge is 0.490 e. The SMILES string of the molecule is CCOc1cc(C#N)ccc1OCC(=O)Nc1ccc(S(=O)(=O)N2CCN(C)CC2)cc1. The summed E-state index contributed by atoms with van der Waals surface area (Å²) < 4.78 is 38.0. The number of amides is 1. The molecule has 0 saturated carbocycles. The number of benzene rings is 2. The molecule has 0 atom stereocenters. The van der Waals surface area contributed by atoms with Crippen molar-refractivity contribution in [2.24, 2.45) is 0 Å². The van der Waals surface area contributed by atoms with E-state index in [4.69, 9.17) is 14.7 Å². The lowest BCUT2D eigenvalue weighted by molar-refractivity contribution is -0.118. The molecule has 9 nitrogen and oxygen atoms in total. The topological polar surface area (TPSA) is 112 Å². The molecule has 0 radical (unpaired) electrons. The molecule has 1 heterocycles. The first-order chi connectivity index (χ1) is 15.3. The zero-order chi connectivity index (χ0) is 23.1. The molecule has 3 rings (SSSR count). The monoisotopic (exact) mass is 458 g/mol. The molecule has 0 aliphatic carbocycles. The van der Waals surface area contributed by atoms with E-state index >= 15 is 0 Å². The van der Waals surface area contributed by atoms with E-state index in [1.54, 1.807) is 30.3 Å². The van der Waals surface area contributed by atoms with Gasteiger partial charge in [0.1, 0.15) is 0 Å². The van der Waals surface area contributed by atoms with Crippen molar-refractivity contribution < 1.29 is 22.7 Å². The maximum atomic E-state index is 12.8. The van der Waals surface area contributed by atoms with Gasteiger partial charge in [0.15, 0.2) is 18.1 Å². The Morgan fingerprint density at radius 3 is 2.38 bits per heavy atom. The molecule has 170 valence electrons. The van der Waals surface area contributed by atoms with Crippen LogP contribution in [-0.2, 0) is 14.8 Å². The minimum Gasteiger partial charge on any atom is -0.490 e. The standard InChI is InChI=1S/C22H26N4O5S/c1-3-30-21-14-17(15-23)4-9-20(21)31-16-22(27)24-18-5-7-19(8-6-18)32(28,29)26-12-10-25(2)11-13-26/h4-9,14H,3,10-13,16H2,1-2H3,(H,24,27). The Bertz CT molecular complexity index is 1090. The van der Waals surface area contributed by atoms with Crippen molar-refractivity contribution >= 4 is 21.6 Å². The van der Waals surface area contributed by atoms with Gasteiger partial charge in [0.2, 0.25) is 10.0 Å². The summed E-state index contributed by atoms with van der Waals surface area (Å²) in [4.78, 5) is 14.6. The highest BCUT2D eigenvalue weighted by atomic mass is 32.2. The first-order valence-electron chi connectivity index (χ1n) is 10.2. The van der Waals surface area contributed by atoms with E-state index in [-0.39, 0.29) is 11.5 Å². The fourth-order valence-corrected chi connectivity index (χ4v) is 4.62. The minimum absolute atomic E-state index is 0.190. The number of carbonyl (C=O) groups is 1. The number of nitrogens with zero attached hydrogens (tertiary/aromatic N) is 3. The first kappa shape index (κ1) is 23.5. The Kier molecular flexibility index (Phi) is 7.69. The van der Waals surface area contributed by atoms with Crippen molar-refractivity contribution in [3.63, 3.8) is 0 Å². The Hall–Kier alpha value is -3.13. The zero-order valence-corrected chi connectivity index (χ0v) is 18.9. The highest BCUT2D eigenvalue weighted by Crippen LogP contribution is 2.28. The smallest absolute Gasteiger partial charge is 0.262 e. The number of sulfonamides is 1. The normalized spacial score (nSPS) is 15.0. The second-order valence-corrected chi connectivity index (χ2v) is 9.21. The highest BCUT2D eigenvalue weighted by molar-refractivity contribution is 7.89. The van der Waals surface area contributed by atoms with Gasteiger partial charge in [-0.1, -0.05) is 0 Å². The average molecular weight is 459 g/mol. The van der Waals surface area contributed by atoms with E-state index in [1.807, 2.05) is 20.0 Å². The number of likely N-dealkylation sites (N-methyl/N-ethyl adjacent to an activating group) is 1. The Morgan fingerprint density at radius 2 is 1.75 bits per heavy atom. The van der Waals surface area contributed by atoms with Crippen LogP contribution in [0.5, 0.6) is 11.5 Å². The fraction of sp³-hybridized carbons (Fsp3) is 0.364. The van der Waals surface area contributed by atoms with Crippen LogP contribution in [0.15, 0.2) is 47.4 Å². The van der Waals surface area contributed by atoms with E-state index in [9.17, 15) is 13.2 Å². The predicted octanol–water partition coefficient (Wildman–Crippen LogP) is 1.91. The van der Waals surface area contributed by atoms with E-state index < -0.39 is 15.9 Å². The minimum atomic E-state index is -3.56. The maximum Gasteiger partial charge on any atom is 0.262 e. The van der Waals surface area contributed by atoms with Gasteiger partial charge in [-0.2, -0.15) is 9.57 Å². The third-order valence-corrected chi connectivity index (χ3v) is 6.88. The number of nitrogens with one attached hydrogen (secondary N) is 1. The summed E-state index contributed by atoms with van der Waals surface area (Å²) in [5.74, 6) is 0.332. The molecule has 1 saturated heterocycles. The molecule has 0 spiro atoms. The molecule has 1 aliphatic rings. The lowest BCUT2D eigenvalue weighted by Crippen LogP contribution is -2.46. The van der Waals surface area contributed by atoms with Crippen LogP contribution in [0.1, 0.15) is 12.5 Å². The van der Waals surface area contributed by atoms with Gasteiger partial charge in [0.25, 0.3) is 5.91 Å². The number of piperazine rings is 1. The van der Waals surface area contributed by atoms with Crippen molar-refractivity contribution in [3.8, 4) is 17.6 Å². The number of ether oxygens (including phenoxy) is 2. The molecule has 0 bridgehead atoms. The van der Waals surface area contributed by atoms with Gasteiger partial charge in [-0.05, 0) is 50.4 Å². The molecule has 32 heavy (non-hydrogen) atoms. The third-order valence-electron chi connectivity index (χ3n) is 4.97. The molecule has 1 amide bonds. The van der Waals surface area contributed by atoms with Gasteiger partial charge in [-0.15, -0.1) is 0 Å². The van der Waals surface area contributed by atoms with Crippen molar-refractivity contribution in [2.45, 2.75) is 11.8 Å². The third kappa shape index (κ3) is 5.76. The molecule has 0 aromatic heterocycles. The van der Waals surface area contributed by atoms with Crippen molar-refractivity contribution in [1.82, 2.24) is 9.21 Å². The Morgan fingerprint density at radius 1 is 1.06 bits per heavy atom. The highest BCUT2D eigenvalue weighted by Gasteiger charge is 2.27. The van der Waals surface area contributed by atoms with Crippen molar-refractivity contribution in [1.29, 1.82) is 5.26 Å². The summed E-state index contributed by atoms with van der Waals surface area (Å²) in [6.45, 7) is 4.22. The van der Waals surface area contributed by atoms with Gasteiger partial charge in [0.05, 0.1) is 23.1 Å². The van der Waals surface area contributed by atoms with Crippen LogP contribution in [0, 0.1) is 11.3 Å². The number of anilines is 1.